The molecule has 1 heterocycles. The summed E-state index contributed by atoms with van der Waals surface area (Å²) in [4.78, 5) is 18.0. The topological polar surface area (TPSA) is 65.7 Å². The van der Waals surface area contributed by atoms with E-state index in [9.17, 15) is 4.79 Å². The summed E-state index contributed by atoms with van der Waals surface area (Å²) in [6.07, 6.45) is 1.58. The van der Waals surface area contributed by atoms with Gasteiger partial charge in [0.05, 0.1) is 28.7 Å². The number of nitrogens with zero attached hydrogens (tertiary/aromatic N) is 3. The number of hydrogen-bond donors (Lipinski definition) is 0. The van der Waals surface area contributed by atoms with Crippen LogP contribution < -0.4 is 15.0 Å². The molecule has 8 heteroatoms. The number of hydrogen-bond acceptors (Lipinski definition) is 5. The first-order valence-electron chi connectivity index (χ1n) is 12.7. The van der Waals surface area contributed by atoms with Gasteiger partial charge in [0.1, 0.15) is 12.4 Å². The lowest BCUT2D eigenvalue weighted by molar-refractivity contribution is 0.270. The molecule has 0 spiro atoms. The molecule has 1 aromatic heterocycles. The van der Waals surface area contributed by atoms with Gasteiger partial charge in [0.25, 0.3) is 5.56 Å². The van der Waals surface area contributed by atoms with Gasteiger partial charge in [-0.25, -0.2) is 4.98 Å². The first-order valence-corrected chi connectivity index (χ1v) is 13.8. The summed E-state index contributed by atoms with van der Waals surface area (Å²) in [5.74, 6) is 1.51. The fourth-order valence-corrected chi connectivity index (χ4v) is 5.04. The van der Waals surface area contributed by atoms with E-state index in [1.165, 1.54) is 4.68 Å². The van der Waals surface area contributed by atoms with Gasteiger partial charge in [0, 0.05) is 10.4 Å². The van der Waals surface area contributed by atoms with Crippen molar-refractivity contribution in [3.8, 4) is 11.5 Å². The molecule has 0 unspecified atom stereocenters. The minimum Gasteiger partial charge on any atom is -0.490 e. The molecule has 0 atom stereocenters. The van der Waals surface area contributed by atoms with E-state index in [2.05, 4.69) is 39.2 Å². The van der Waals surface area contributed by atoms with Crippen LogP contribution in [-0.2, 0) is 6.61 Å². The van der Waals surface area contributed by atoms with E-state index in [0.29, 0.717) is 52.0 Å². The fourth-order valence-electron chi connectivity index (χ4n) is 4.41. The lowest BCUT2D eigenvalue weighted by atomic mass is 10.1. The third kappa shape index (κ3) is 5.70. The summed E-state index contributed by atoms with van der Waals surface area (Å²) in [6.45, 7) is 6.62. The van der Waals surface area contributed by atoms with Crippen molar-refractivity contribution in [1.29, 1.82) is 0 Å². The van der Waals surface area contributed by atoms with Crippen LogP contribution >= 0.6 is 27.5 Å². The van der Waals surface area contributed by atoms with E-state index < -0.39 is 0 Å². The second kappa shape index (κ2) is 11.6. The summed E-state index contributed by atoms with van der Waals surface area (Å²) >= 11 is 10.1. The van der Waals surface area contributed by atoms with E-state index in [1.54, 1.807) is 18.3 Å². The van der Waals surface area contributed by atoms with Crippen LogP contribution in [0.3, 0.4) is 0 Å². The standard InChI is InChI=1S/C31H27BrClN3O3/c1-4-38-28-15-20(14-26(33)29(28)39-18-22-10-7-9-21-8-5-6-11-24(21)22)17-34-36-30(19(2)3)35-27-13-12-23(32)16-25(27)31(36)37/h5-17,19H,4,18H2,1-3H3. The van der Waals surface area contributed by atoms with Gasteiger partial charge in [-0.1, -0.05) is 83.8 Å². The Kier molecular flexibility index (Phi) is 8.00. The summed E-state index contributed by atoms with van der Waals surface area (Å²) in [6, 6.07) is 23.3. The Hall–Kier alpha value is -3.68. The molecule has 198 valence electrons. The smallest absolute Gasteiger partial charge is 0.282 e. The molecule has 6 nitrogen and oxygen atoms in total. The average molecular weight is 605 g/mol. The summed E-state index contributed by atoms with van der Waals surface area (Å²) in [7, 11) is 0. The van der Waals surface area contributed by atoms with Gasteiger partial charge in [0.15, 0.2) is 11.5 Å². The van der Waals surface area contributed by atoms with Gasteiger partial charge < -0.3 is 9.47 Å². The monoisotopic (exact) mass is 603 g/mol. The molecule has 0 aliphatic rings. The molecule has 0 saturated carbocycles. The molecule has 0 radical (unpaired) electrons. The van der Waals surface area contributed by atoms with Gasteiger partial charge >= 0.3 is 0 Å². The number of fused-ring (bicyclic) bond motifs is 2. The maximum Gasteiger partial charge on any atom is 0.282 e. The van der Waals surface area contributed by atoms with Crippen molar-refractivity contribution < 1.29 is 9.47 Å². The van der Waals surface area contributed by atoms with Gasteiger partial charge in [-0.05, 0) is 59.2 Å². The highest BCUT2D eigenvalue weighted by molar-refractivity contribution is 9.10. The van der Waals surface area contributed by atoms with Crippen molar-refractivity contribution in [2.24, 2.45) is 5.10 Å². The highest BCUT2D eigenvalue weighted by Crippen LogP contribution is 2.37. The highest BCUT2D eigenvalue weighted by atomic mass is 79.9. The molecule has 0 aliphatic heterocycles. The maximum absolute atomic E-state index is 13.3. The molecule has 0 fully saturated rings. The first-order chi connectivity index (χ1) is 18.9. The van der Waals surface area contributed by atoms with Crippen LogP contribution in [0.15, 0.2) is 87.2 Å². The first kappa shape index (κ1) is 26.9. The molecular weight excluding hydrogens is 578 g/mol. The predicted molar refractivity (Wildman–Crippen MR) is 162 cm³/mol. The number of aromatic nitrogens is 2. The Balaban J connectivity index is 1.49. The normalized spacial score (nSPS) is 11.6. The predicted octanol–water partition coefficient (Wildman–Crippen LogP) is 7.95. The third-order valence-electron chi connectivity index (χ3n) is 6.26. The quantitative estimate of drug-likeness (QED) is 0.169. The van der Waals surface area contributed by atoms with Crippen molar-refractivity contribution in [3.05, 3.63) is 110 Å². The lowest BCUT2D eigenvalue weighted by Crippen LogP contribution is -2.23. The minimum absolute atomic E-state index is 0.0182. The van der Waals surface area contributed by atoms with E-state index in [1.807, 2.05) is 63.2 Å². The van der Waals surface area contributed by atoms with Crippen molar-refractivity contribution >= 4 is 55.4 Å². The van der Waals surface area contributed by atoms with Crippen LogP contribution in [-0.4, -0.2) is 22.5 Å². The second-order valence-corrected chi connectivity index (χ2v) is 10.7. The number of benzene rings is 4. The Morgan fingerprint density at radius 3 is 2.62 bits per heavy atom. The molecule has 0 N–H and O–H groups in total. The van der Waals surface area contributed by atoms with Crippen LogP contribution in [0, 0.1) is 0 Å². The molecular formula is C31H27BrClN3O3. The Morgan fingerprint density at radius 2 is 1.82 bits per heavy atom. The van der Waals surface area contributed by atoms with Crippen LogP contribution in [0.2, 0.25) is 5.02 Å². The molecule has 0 amide bonds. The van der Waals surface area contributed by atoms with Gasteiger partial charge in [-0.3, -0.25) is 4.79 Å². The zero-order valence-electron chi connectivity index (χ0n) is 21.8. The van der Waals surface area contributed by atoms with Crippen LogP contribution in [0.5, 0.6) is 11.5 Å². The van der Waals surface area contributed by atoms with Gasteiger partial charge in [0.2, 0.25) is 0 Å². The zero-order valence-corrected chi connectivity index (χ0v) is 24.2. The molecule has 39 heavy (non-hydrogen) atoms. The van der Waals surface area contributed by atoms with Gasteiger partial charge in [-0.2, -0.15) is 9.78 Å². The van der Waals surface area contributed by atoms with Crippen molar-refractivity contribution in [1.82, 2.24) is 9.66 Å². The number of halogens is 2. The van der Waals surface area contributed by atoms with E-state index >= 15 is 0 Å². The summed E-state index contributed by atoms with van der Waals surface area (Å²) in [5.41, 5.74) is 2.10. The highest BCUT2D eigenvalue weighted by Gasteiger charge is 2.16. The number of rotatable bonds is 8. The van der Waals surface area contributed by atoms with Crippen molar-refractivity contribution in [2.45, 2.75) is 33.3 Å². The molecule has 0 bridgehead atoms. The lowest BCUT2D eigenvalue weighted by Gasteiger charge is -2.15. The van der Waals surface area contributed by atoms with E-state index in [-0.39, 0.29) is 11.5 Å². The number of ether oxygens (including phenoxy) is 2. The molecule has 5 aromatic rings. The zero-order chi connectivity index (χ0) is 27.5. The Bertz CT molecular complexity index is 1760. The summed E-state index contributed by atoms with van der Waals surface area (Å²) < 4.78 is 14.2. The largest absolute Gasteiger partial charge is 0.490 e. The Morgan fingerprint density at radius 1 is 1.03 bits per heavy atom. The fraction of sp³-hybridized carbons (Fsp3) is 0.194. The van der Waals surface area contributed by atoms with Crippen LogP contribution in [0.1, 0.15) is 43.6 Å². The van der Waals surface area contributed by atoms with Crippen molar-refractivity contribution in [2.75, 3.05) is 6.61 Å². The summed E-state index contributed by atoms with van der Waals surface area (Å²) in [5, 5.41) is 7.67. The molecule has 5 rings (SSSR count). The third-order valence-corrected chi connectivity index (χ3v) is 7.03. The average Bonchev–Trinajstić information content (AvgIpc) is 2.92. The van der Waals surface area contributed by atoms with E-state index in [0.717, 1.165) is 20.8 Å². The van der Waals surface area contributed by atoms with Crippen LogP contribution in [0.4, 0.5) is 0 Å². The SMILES string of the molecule is CCOc1cc(C=Nn2c(C(C)C)nc3ccc(Br)cc3c2=O)cc(Cl)c1OCc1cccc2ccccc12. The minimum atomic E-state index is -0.243. The molecule has 4 aromatic carbocycles. The maximum atomic E-state index is 13.3. The Labute approximate surface area is 240 Å². The second-order valence-electron chi connectivity index (χ2n) is 9.34. The molecule has 0 aliphatic carbocycles. The van der Waals surface area contributed by atoms with Crippen LogP contribution in [0.25, 0.3) is 21.7 Å². The van der Waals surface area contributed by atoms with Crippen molar-refractivity contribution in [3.63, 3.8) is 0 Å². The molecule has 0 saturated heterocycles. The van der Waals surface area contributed by atoms with E-state index in [4.69, 9.17) is 26.1 Å². The van der Waals surface area contributed by atoms with Gasteiger partial charge in [-0.15, -0.1) is 0 Å².